The fourth-order valence-electron chi connectivity index (χ4n) is 5.38. The number of unbranched alkanes of at least 4 members (excludes halogenated alkanes) is 21. The summed E-state index contributed by atoms with van der Waals surface area (Å²) in [5.74, 6) is -1.08. The van der Waals surface area contributed by atoms with E-state index in [1.807, 2.05) is 33.3 Å². The van der Waals surface area contributed by atoms with Crippen LogP contribution in [0.25, 0.3) is 0 Å². The Labute approximate surface area is 307 Å². The second-order valence-electron chi connectivity index (χ2n) is 14.7. The van der Waals surface area contributed by atoms with E-state index in [4.69, 9.17) is 18.5 Å². The lowest BCUT2D eigenvalue weighted by Gasteiger charge is -2.28. The van der Waals surface area contributed by atoms with Crippen LogP contribution in [0.3, 0.4) is 0 Å². The van der Waals surface area contributed by atoms with E-state index in [1.165, 1.54) is 122 Å². The van der Waals surface area contributed by atoms with Crippen LogP contribution in [0.4, 0.5) is 0 Å². The number of nitrogens with zero attached hydrogens (tertiary/aromatic N) is 1. The molecule has 0 heterocycles. The maximum Gasteiger partial charge on any atom is 0.331 e. The van der Waals surface area contributed by atoms with Gasteiger partial charge >= 0.3 is 11.9 Å². The van der Waals surface area contributed by atoms with Crippen molar-refractivity contribution in [3.8, 4) is 0 Å². The van der Waals surface area contributed by atoms with Crippen molar-refractivity contribution in [3.63, 3.8) is 0 Å². The number of likely N-dealkylation sites (N-methyl/N-ethyl adjacent to an activating group) is 1. The Hall–Kier alpha value is -1.51. The minimum atomic E-state index is -4.64. The van der Waals surface area contributed by atoms with Crippen LogP contribution in [0.15, 0.2) is 24.3 Å². The van der Waals surface area contributed by atoms with Crippen molar-refractivity contribution in [2.75, 3.05) is 47.5 Å². The average molecular weight is 730 g/mol. The van der Waals surface area contributed by atoms with Gasteiger partial charge in [-0.1, -0.05) is 160 Å². The molecule has 0 spiro atoms. The summed E-state index contributed by atoms with van der Waals surface area (Å²) in [7, 11) is 1.12. The average Bonchev–Trinajstić information content (AvgIpc) is 3.06. The first-order valence-corrected chi connectivity index (χ1v) is 21.5. The number of phosphoric ester groups is 1. The first kappa shape index (κ1) is 48.5. The number of rotatable bonds is 36. The number of allylic oxidation sites excluding steroid dienone is 3. The molecule has 0 aliphatic heterocycles. The van der Waals surface area contributed by atoms with Crippen molar-refractivity contribution in [3.05, 3.63) is 24.3 Å². The molecular formula is C40H76NO8P. The molecule has 2 atom stereocenters. The van der Waals surface area contributed by atoms with Crippen molar-refractivity contribution in [2.24, 2.45) is 0 Å². The number of esters is 2. The maximum absolute atomic E-state index is 12.5. The molecule has 0 bridgehead atoms. The van der Waals surface area contributed by atoms with Gasteiger partial charge in [-0.05, 0) is 19.3 Å². The zero-order valence-corrected chi connectivity index (χ0v) is 33.7. The quantitative estimate of drug-likeness (QED) is 0.0156. The van der Waals surface area contributed by atoms with Gasteiger partial charge in [0.15, 0.2) is 6.10 Å². The summed E-state index contributed by atoms with van der Waals surface area (Å²) in [6.07, 6.45) is 34.1. The first-order valence-electron chi connectivity index (χ1n) is 20.1. The van der Waals surface area contributed by atoms with Crippen LogP contribution in [0, 0.1) is 0 Å². The lowest BCUT2D eigenvalue weighted by atomic mass is 10.1. The van der Waals surface area contributed by atoms with Gasteiger partial charge in [0.2, 0.25) is 0 Å². The second-order valence-corrected chi connectivity index (χ2v) is 16.1. The van der Waals surface area contributed by atoms with Crippen LogP contribution in [-0.4, -0.2) is 70.0 Å². The Morgan fingerprint density at radius 2 is 1.14 bits per heavy atom. The Kier molecular flexibility index (Phi) is 32.3. The topological polar surface area (TPSA) is 111 Å². The smallest absolute Gasteiger partial charge is 0.331 e. The van der Waals surface area contributed by atoms with Gasteiger partial charge in [0.1, 0.15) is 19.8 Å². The molecule has 0 aromatic carbocycles. The number of hydrogen-bond donors (Lipinski definition) is 0. The minimum Gasteiger partial charge on any atom is -0.756 e. The molecule has 0 fully saturated rings. The van der Waals surface area contributed by atoms with E-state index in [1.54, 1.807) is 6.08 Å². The van der Waals surface area contributed by atoms with E-state index in [2.05, 4.69) is 13.8 Å². The molecule has 0 aliphatic rings. The normalized spacial score (nSPS) is 14.0. The number of hydrogen-bond acceptors (Lipinski definition) is 8. The van der Waals surface area contributed by atoms with Crippen LogP contribution in [0.5, 0.6) is 0 Å². The molecule has 0 N–H and O–H groups in total. The molecule has 0 saturated heterocycles. The van der Waals surface area contributed by atoms with Crippen LogP contribution < -0.4 is 4.89 Å². The number of carbonyl (C=O) groups excluding carboxylic acids is 2. The molecule has 0 rings (SSSR count). The predicted molar refractivity (Wildman–Crippen MR) is 204 cm³/mol. The fourth-order valence-corrected chi connectivity index (χ4v) is 6.11. The van der Waals surface area contributed by atoms with Gasteiger partial charge in [0.05, 0.1) is 27.7 Å². The van der Waals surface area contributed by atoms with E-state index in [0.29, 0.717) is 11.0 Å². The summed E-state index contributed by atoms with van der Waals surface area (Å²) in [4.78, 5) is 37.2. The summed E-state index contributed by atoms with van der Waals surface area (Å²) in [5.41, 5.74) is 0. The monoisotopic (exact) mass is 730 g/mol. The molecule has 0 radical (unpaired) electrons. The van der Waals surface area contributed by atoms with Crippen molar-refractivity contribution in [1.82, 2.24) is 0 Å². The van der Waals surface area contributed by atoms with Crippen LogP contribution >= 0.6 is 7.82 Å². The van der Waals surface area contributed by atoms with E-state index < -0.39 is 32.5 Å². The lowest BCUT2D eigenvalue weighted by Crippen LogP contribution is -2.37. The van der Waals surface area contributed by atoms with Gasteiger partial charge in [0.25, 0.3) is 7.82 Å². The van der Waals surface area contributed by atoms with Crippen LogP contribution in [-0.2, 0) is 32.7 Å². The lowest BCUT2D eigenvalue weighted by molar-refractivity contribution is -0.870. The molecule has 1 unspecified atom stereocenters. The largest absolute Gasteiger partial charge is 0.756 e. The van der Waals surface area contributed by atoms with Gasteiger partial charge in [-0.3, -0.25) is 9.36 Å². The number of carbonyl (C=O) groups is 2. The van der Waals surface area contributed by atoms with Gasteiger partial charge < -0.3 is 27.9 Å². The third-order valence-electron chi connectivity index (χ3n) is 8.58. The third-order valence-corrected chi connectivity index (χ3v) is 9.55. The summed E-state index contributed by atoms with van der Waals surface area (Å²) in [5, 5.41) is 0. The van der Waals surface area contributed by atoms with Gasteiger partial charge in [-0.2, -0.15) is 0 Å². The zero-order valence-electron chi connectivity index (χ0n) is 32.8. The first-order chi connectivity index (χ1) is 24.0. The van der Waals surface area contributed by atoms with Crippen molar-refractivity contribution in [2.45, 2.75) is 174 Å². The van der Waals surface area contributed by atoms with E-state index >= 15 is 0 Å². The SMILES string of the molecule is CCCCCCCCCCCCC/C=C/C=C/C(=O)O[C@H](COC(=O)CCCCCCCCCCCCC)COP(=O)([O-])OCC[N+](C)(C)C. The Morgan fingerprint density at radius 3 is 1.64 bits per heavy atom. The van der Waals surface area contributed by atoms with Crippen molar-refractivity contribution < 1.29 is 42.1 Å². The summed E-state index contributed by atoms with van der Waals surface area (Å²) < 4.78 is 33.6. The predicted octanol–water partition coefficient (Wildman–Crippen LogP) is 10.2. The second kappa shape index (κ2) is 33.3. The highest BCUT2D eigenvalue weighted by molar-refractivity contribution is 7.45. The van der Waals surface area contributed by atoms with Crippen LogP contribution in [0.2, 0.25) is 0 Å². The van der Waals surface area contributed by atoms with Crippen LogP contribution in [0.1, 0.15) is 168 Å². The molecule has 294 valence electrons. The Balaban J connectivity index is 4.52. The summed E-state index contributed by atoms with van der Waals surface area (Å²) in [6, 6.07) is 0. The van der Waals surface area contributed by atoms with Crippen molar-refractivity contribution >= 4 is 19.8 Å². The highest BCUT2D eigenvalue weighted by atomic mass is 31.2. The molecule has 0 saturated carbocycles. The van der Waals surface area contributed by atoms with Gasteiger partial charge in [-0.25, -0.2) is 4.79 Å². The molecule has 10 heteroatoms. The molecule has 0 aromatic heterocycles. The molecular weight excluding hydrogens is 653 g/mol. The molecule has 50 heavy (non-hydrogen) atoms. The standard InChI is InChI=1S/C40H76NO8P/c1-6-8-10-12-14-16-18-19-20-21-23-25-27-29-31-33-40(43)49-38(37-48-50(44,45)47-35-34-41(3,4)5)36-46-39(42)32-30-28-26-24-22-17-15-13-11-9-7-2/h27,29,31,33,38H,6-26,28,30,32,34-37H2,1-5H3/b29-27+,33-31+/t38-/m1/s1. The summed E-state index contributed by atoms with van der Waals surface area (Å²) in [6.45, 7) is 4.09. The van der Waals surface area contributed by atoms with Gasteiger partial charge in [-0.15, -0.1) is 0 Å². The Morgan fingerprint density at radius 1 is 0.660 bits per heavy atom. The molecule has 0 amide bonds. The third kappa shape index (κ3) is 36.3. The Bertz CT molecular complexity index is 918. The summed E-state index contributed by atoms with van der Waals surface area (Å²) >= 11 is 0. The zero-order chi connectivity index (χ0) is 37.2. The van der Waals surface area contributed by atoms with E-state index in [9.17, 15) is 19.0 Å². The molecule has 9 nitrogen and oxygen atoms in total. The fraction of sp³-hybridized carbons (Fsp3) is 0.850. The number of quaternary nitrogens is 1. The van der Waals surface area contributed by atoms with E-state index in [0.717, 1.165) is 32.1 Å². The highest BCUT2D eigenvalue weighted by Crippen LogP contribution is 2.38. The number of phosphoric acid groups is 1. The maximum atomic E-state index is 12.5. The van der Waals surface area contributed by atoms with Gasteiger partial charge in [0, 0.05) is 12.5 Å². The number of ether oxygens (including phenoxy) is 2. The highest BCUT2D eigenvalue weighted by Gasteiger charge is 2.21. The minimum absolute atomic E-state index is 0.0447. The molecule has 0 aromatic rings. The molecule has 0 aliphatic carbocycles. The van der Waals surface area contributed by atoms with E-state index in [-0.39, 0.29) is 19.6 Å². The van der Waals surface area contributed by atoms with Crippen molar-refractivity contribution in [1.29, 1.82) is 0 Å².